The smallest absolute Gasteiger partial charge is 0.326 e. The number of anilines is 1. The van der Waals surface area contributed by atoms with E-state index < -0.39 is 12.0 Å². The number of benzene rings is 1. The van der Waals surface area contributed by atoms with Crippen LogP contribution in [0.1, 0.15) is 20.8 Å². The van der Waals surface area contributed by atoms with Gasteiger partial charge in [-0.25, -0.2) is 4.79 Å². The molecule has 0 fully saturated rings. The monoisotopic (exact) mass is 285 g/mol. The molecule has 1 unspecified atom stereocenters. The van der Waals surface area contributed by atoms with Crippen molar-refractivity contribution >= 4 is 27.6 Å². The molecule has 0 amide bonds. The molecule has 0 saturated heterocycles. The fourth-order valence-corrected chi connectivity index (χ4v) is 1.78. The maximum atomic E-state index is 11.2. The summed E-state index contributed by atoms with van der Waals surface area (Å²) in [6.07, 6.45) is 0. The molecule has 0 aromatic heterocycles. The largest absolute Gasteiger partial charge is 0.480 e. The van der Waals surface area contributed by atoms with Crippen molar-refractivity contribution in [3.8, 4) is 0 Å². The second-order valence-electron chi connectivity index (χ2n) is 4.76. The summed E-state index contributed by atoms with van der Waals surface area (Å²) in [4.78, 5) is 11.2. The van der Waals surface area contributed by atoms with Crippen LogP contribution in [-0.4, -0.2) is 17.1 Å². The van der Waals surface area contributed by atoms with Gasteiger partial charge in [-0.1, -0.05) is 32.9 Å². The maximum Gasteiger partial charge on any atom is 0.326 e. The Bertz CT molecular complexity index is 385. The van der Waals surface area contributed by atoms with E-state index in [0.717, 1.165) is 10.2 Å². The van der Waals surface area contributed by atoms with E-state index in [4.69, 9.17) is 0 Å². The molecule has 1 aromatic rings. The summed E-state index contributed by atoms with van der Waals surface area (Å²) in [5, 5.41) is 12.2. The van der Waals surface area contributed by atoms with Crippen molar-refractivity contribution in [1.82, 2.24) is 0 Å². The Morgan fingerprint density at radius 1 is 1.38 bits per heavy atom. The lowest BCUT2D eigenvalue weighted by Crippen LogP contribution is -2.41. The van der Waals surface area contributed by atoms with Crippen LogP contribution in [0, 0.1) is 5.41 Å². The van der Waals surface area contributed by atoms with E-state index >= 15 is 0 Å². The first-order valence-electron chi connectivity index (χ1n) is 5.06. The highest BCUT2D eigenvalue weighted by Crippen LogP contribution is 2.27. The summed E-state index contributed by atoms with van der Waals surface area (Å²) >= 11 is 3.39. The van der Waals surface area contributed by atoms with E-state index in [1.165, 1.54) is 0 Å². The van der Waals surface area contributed by atoms with Gasteiger partial charge in [-0.2, -0.15) is 0 Å². The molecule has 0 saturated carbocycles. The number of hydrogen-bond acceptors (Lipinski definition) is 2. The zero-order valence-corrected chi connectivity index (χ0v) is 11.2. The first-order chi connectivity index (χ1) is 7.32. The highest BCUT2D eigenvalue weighted by molar-refractivity contribution is 9.10. The van der Waals surface area contributed by atoms with E-state index in [9.17, 15) is 9.90 Å². The Labute approximate surface area is 104 Å². The Kier molecular flexibility index (Phi) is 3.97. The molecule has 1 rings (SSSR count). The number of nitrogens with one attached hydrogen (secondary N) is 1. The number of hydrogen-bond donors (Lipinski definition) is 2. The summed E-state index contributed by atoms with van der Waals surface area (Å²) in [5.74, 6) is -0.844. The molecule has 0 radical (unpaired) electrons. The van der Waals surface area contributed by atoms with Gasteiger partial charge in [0.2, 0.25) is 0 Å². The molecule has 0 aliphatic heterocycles. The van der Waals surface area contributed by atoms with Crippen LogP contribution in [0.4, 0.5) is 5.69 Å². The predicted molar refractivity (Wildman–Crippen MR) is 68.6 cm³/mol. The van der Waals surface area contributed by atoms with E-state index in [1.807, 2.05) is 45.0 Å². The lowest BCUT2D eigenvalue weighted by molar-refractivity contribution is -0.140. The van der Waals surface area contributed by atoms with Crippen LogP contribution in [0.2, 0.25) is 0 Å². The first-order valence-corrected chi connectivity index (χ1v) is 5.85. The van der Waals surface area contributed by atoms with Crippen molar-refractivity contribution in [2.24, 2.45) is 5.41 Å². The highest BCUT2D eigenvalue weighted by atomic mass is 79.9. The van der Waals surface area contributed by atoms with Gasteiger partial charge in [0.1, 0.15) is 6.04 Å². The van der Waals surface area contributed by atoms with Crippen LogP contribution in [0.25, 0.3) is 0 Å². The molecule has 0 aliphatic rings. The third-order valence-corrected chi connectivity index (χ3v) is 2.98. The van der Waals surface area contributed by atoms with Gasteiger partial charge < -0.3 is 10.4 Å². The highest BCUT2D eigenvalue weighted by Gasteiger charge is 2.31. The Hall–Kier alpha value is -1.03. The topological polar surface area (TPSA) is 49.3 Å². The van der Waals surface area contributed by atoms with Gasteiger partial charge >= 0.3 is 5.97 Å². The van der Waals surface area contributed by atoms with Gasteiger partial charge in [-0.05, 0) is 33.5 Å². The molecule has 88 valence electrons. The van der Waals surface area contributed by atoms with Crippen molar-refractivity contribution in [2.45, 2.75) is 26.8 Å². The van der Waals surface area contributed by atoms with Gasteiger partial charge in [0, 0.05) is 10.2 Å². The Balaban J connectivity index is 2.94. The number of halogens is 1. The molecular formula is C12H16BrNO2. The number of carboxylic acid groups (broad SMARTS) is 1. The maximum absolute atomic E-state index is 11.2. The second-order valence-corrected chi connectivity index (χ2v) is 5.62. The van der Waals surface area contributed by atoms with Crippen LogP contribution in [-0.2, 0) is 4.79 Å². The van der Waals surface area contributed by atoms with E-state index in [0.29, 0.717) is 0 Å². The summed E-state index contributed by atoms with van der Waals surface area (Å²) in [7, 11) is 0. The van der Waals surface area contributed by atoms with Crippen LogP contribution in [0.3, 0.4) is 0 Å². The minimum Gasteiger partial charge on any atom is -0.480 e. The van der Waals surface area contributed by atoms with Gasteiger partial charge in [-0.15, -0.1) is 0 Å². The lowest BCUT2D eigenvalue weighted by atomic mass is 9.86. The number of aliphatic carboxylic acids is 1. The fraction of sp³-hybridized carbons (Fsp3) is 0.417. The predicted octanol–water partition coefficient (Wildman–Crippen LogP) is 3.36. The molecular weight excluding hydrogens is 270 g/mol. The number of carbonyl (C=O) groups is 1. The van der Waals surface area contributed by atoms with Gasteiger partial charge in [0.15, 0.2) is 0 Å². The molecule has 1 atom stereocenters. The molecule has 4 heteroatoms. The standard InChI is InChI=1S/C12H16BrNO2/c1-12(2,3)10(11(15)16)14-9-7-5-4-6-8(9)13/h4-7,10,14H,1-3H3,(H,15,16). The Morgan fingerprint density at radius 2 is 1.94 bits per heavy atom. The summed E-state index contributed by atoms with van der Waals surface area (Å²) in [6.45, 7) is 5.70. The van der Waals surface area contributed by atoms with Crippen molar-refractivity contribution in [3.63, 3.8) is 0 Å². The normalized spacial score (nSPS) is 13.2. The SMILES string of the molecule is CC(C)(C)C(Nc1ccccc1Br)C(=O)O. The molecule has 3 nitrogen and oxygen atoms in total. The number of rotatable bonds is 3. The average molecular weight is 286 g/mol. The van der Waals surface area contributed by atoms with Crippen molar-refractivity contribution in [3.05, 3.63) is 28.7 Å². The zero-order chi connectivity index (χ0) is 12.3. The lowest BCUT2D eigenvalue weighted by Gasteiger charge is -2.29. The van der Waals surface area contributed by atoms with Crippen LogP contribution in [0.5, 0.6) is 0 Å². The quantitative estimate of drug-likeness (QED) is 0.895. The first kappa shape index (κ1) is 13.0. The number of carboxylic acids is 1. The summed E-state index contributed by atoms with van der Waals surface area (Å²) < 4.78 is 0.866. The summed E-state index contributed by atoms with van der Waals surface area (Å²) in [5.41, 5.74) is 0.450. The van der Waals surface area contributed by atoms with E-state index in [1.54, 1.807) is 0 Å². The van der Waals surface area contributed by atoms with Crippen LogP contribution >= 0.6 is 15.9 Å². The van der Waals surface area contributed by atoms with Crippen LogP contribution < -0.4 is 5.32 Å². The van der Waals surface area contributed by atoms with Crippen molar-refractivity contribution in [1.29, 1.82) is 0 Å². The van der Waals surface area contributed by atoms with E-state index in [2.05, 4.69) is 21.2 Å². The minimum atomic E-state index is -0.844. The molecule has 0 aliphatic carbocycles. The number of para-hydroxylation sites is 1. The van der Waals surface area contributed by atoms with E-state index in [-0.39, 0.29) is 5.41 Å². The molecule has 16 heavy (non-hydrogen) atoms. The molecule has 0 bridgehead atoms. The van der Waals surface area contributed by atoms with Crippen molar-refractivity contribution < 1.29 is 9.90 Å². The third kappa shape index (κ3) is 3.23. The summed E-state index contributed by atoms with van der Waals surface area (Å²) in [6, 6.07) is 6.87. The van der Waals surface area contributed by atoms with Gasteiger partial charge in [-0.3, -0.25) is 0 Å². The van der Waals surface area contributed by atoms with Crippen molar-refractivity contribution in [2.75, 3.05) is 5.32 Å². The molecule has 0 heterocycles. The second kappa shape index (κ2) is 4.87. The molecule has 1 aromatic carbocycles. The van der Waals surface area contributed by atoms with Gasteiger partial charge in [0.05, 0.1) is 0 Å². The fourth-order valence-electron chi connectivity index (χ4n) is 1.38. The van der Waals surface area contributed by atoms with Crippen LogP contribution in [0.15, 0.2) is 28.7 Å². The average Bonchev–Trinajstić information content (AvgIpc) is 2.14. The molecule has 0 spiro atoms. The zero-order valence-electron chi connectivity index (χ0n) is 9.62. The van der Waals surface area contributed by atoms with Gasteiger partial charge in [0.25, 0.3) is 0 Å². The minimum absolute atomic E-state index is 0.346. The third-order valence-electron chi connectivity index (χ3n) is 2.29. The Morgan fingerprint density at radius 3 is 2.38 bits per heavy atom. The molecule has 2 N–H and O–H groups in total.